The minimum absolute atomic E-state index is 0.161. The van der Waals surface area contributed by atoms with E-state index in [1.54, 1.807) is 4.90 Å². The summed E-state index contributed by atoms with van der Waals surface area (Å²) in [5.41, 5.74) is 1.72. The van der Waals surface area contributed by atoms with Crippen LogP contribution in [0.15, 0.2) is 18.2 Å². The fraction of sp³-hybridized carbons (Fsp3) is 0.429. The first-order valence-corrected chi connectivity index (χ1v) is 7.23. The maximum atomic E-state index is 12.6. The Kier molecular flexibility index (Phi) is 2.73. The molecule has 0 bridgehead atoms. The SMILES string of the molecule is CN1C(=O)C2(CCC(=O)CC2)c2c(I)cccc21. The van der Waals surface area contributed by atoms with Crippen LogP contribution in [0.1, 0.15) is 31.2 Å². The summed E-state index contributed by atoms with van der Waals surface area (Å²) in [6.07, 6.45) is 2.40. The lowest BCUT2D eigenvalue weighted by molar-refractivity contribution is -0.127. The van der Waals surface area contributed by atoms with E-state index in [1.165, 1.54) is 0 Å². The van der Waals surface area contributed by atoms with Gasteiger partial charge in [-0.2, -0.15) is 0 Å². The first-order chi connectivity index (χ1) is 8.56. The lowest BCUT2D eigenvalue weighted by atomic mass is 9.70. The number of fused-ring (bicyclic) bond motifs is 2. The Labute approximate surface area is 120 Å². The van der Waals surface area contributed by atoms with E-state index < -0.39 is 5.41 Å². The van der Waals surface area contributed by atoms with Gasteiger partial charge in [0, 0.05) is 34.7 Å². The Bertz CT molecular complexity index is 543. The molecule has 94 valence electrons. The van der Waals surface area contributed by atoms with E-state index in [4.69, 9.17) is 0 Å². The Hall–Kier alpha value is -0.910. The van der Waals surface area contributed by atoms with Crippen LogP contribution in [0.25, 0.3) is 0 Å². The van der Waals surface area contributed by atoms with Crippen LogP contribution >= 0.6 is 22.6 Å². The number of carbonyl (C=O) groups excluding carboxylic acids is 2. The summed E-state index contributed by atoms with van der Waals surface area (Å²) < 4.78 is 1.14. The number of benzene rings is 1. The number of hydrogen-bond acceptors (Lipinski definition) is 2. The summed E-state index contributed by atoms with van der Waals surface area (Å²) >= 11 is 2.30. The topological polar surface area (TPSA) is 37.4 Å². The molecule has 0 aromatic heterocycles. The highest BCUT2D eigenvalue weighted by molar-refractivity contribution is 14.1. The van der Waals surface area contributed by atoms with Crippen LogP contribution in [0.5, 0.6) is 0 Å². The second-order valence-electron chi connectivity index (χ2n) is 5.12. The highest BCUT2D eigenvalue weighted by atomic mass is 127. The summed E-state index contributed by atoms with van der Waals surface area (Å²) in [5, 5.41) is 0. The molecule has 0 atom stereocenters. The number of carbonyl (C=O) groups is 2. The van der Waals surface area contributed by atoms with Gasteiger partial charge in [-0.1, -0.05) is 6.07 Å². The van der Waals surface area contributed by atoms with Crippen molar-refractivity contribution in [2.75, 3.05) is 11.9 Å². The number of Topliss-reactive ketones (excluding diaryl/α,β-unsaturated/α-hetero) is 1. The van der Waals surface area contributed by atoms with E-state index in [1.807, 2.05) is 25.2 Å². The van der Waals surface area contributed by atoms with E-state index in [-0.39, 0.29) is 11.7 Å². The Balaban J connectivity index is 2.18. The van der Waals surface area contributed by atoms with Crippen LogP contribution in [0.3, 0.4) is 0 Å². The molecule has 0 unspecified atom stereocenters. The second-order valence-corrected chi connectivity index (χ2v) is 6.28. The van der Waals surface area contributed by atoms with E-state index in [0.717, 1.165) is 14.8 Å². The zero-order valence-electron chi connectivity index (χ0n) is 10.2. The van der Waals surface area contributed by atoms with Crippen molar-refractivity contribution in [1.29, 1.82) is 0 Å². The lowest BCUT2D eigenvalue weighted by Gasteiger charge is -2.32. The first-order valence-electron chi connectivity index (χ1n) is 6.15. The molecule has 4 heteroatoms. The molecule has 1 aromatic carbocycles. The summed E-state index contributed by atoms with van der Waals surface area (Å²) in [7, 11) is 1.84. The molecule has 1 aliphatic carbocycles. The van der Waals surface area contributed by atoms with Crippen molar-refractivity contribution in [3.8, 4) is 0 Å². The molecular formula is C14H14INO2. The largest absolute Gasteiger partial charge is 0.314 e. The molecule has 0 N–H and O–H groups in total. The molecule has 1 amide bonds. The second kappa shape index (κ2) is 4.05. The fourth-order valence-electron chi connectivity index (χ4n) is 3.22. The molecular weight excluding hydrogens is 341 g/mol. The van der Waals surface area contributed by atoms with Gasteiger partial charge in [0.05, 0.1) is 5.41 Å². The maximum absolute atomic E-state index is 12.6. The molecule has 3 nitrogen and oxygen atoms in total. The highest BCUT2D eigenvalue weighted by Gasteiger charge is 2.51. The standard InChI is InChI=1S/C14H14INO2/c1-16-11-4-2-3-10(15)12(11)14(13(16)18)7-5-9(17)6-8-14/h2-4H,5-8H2,1H3. The van der Waals surface area contributed by atoms with Gasteiger partial charge in [-0.05, 0) is 47.6 Å². The van der Waals surface area contributed by atoms with E-state index in [9.17, 15) is 9.59 Å². The molecule has 1 fully saturated rings. The van der Waals surface area contributed by atoms with Gasteiger partial charge in [-0.25, -0.2) is 0 Å². The van der Waals surface area contributed by atoms with Crippen LogP contribution in [0.2, 0.25) is 0 Å². The minimum Gasteiger partial charge on any atom is -0.314 e. The van der Waals surface area contributed by atoms with E-state index in [0.29, 0.717) is 25.7 Å². The lowest BCUT2D eigenvalue weighted by Crippen LogP contribution is -2.42. The number of likely N-dealkylation sites (N-methyl/N-ethyl adjacent to an activating group) is 1. The number of ketones is 1. The molecule has 0 radical (unpaired) electrons. The maximum Gasteiger partial charge on any atom is 0.237 e. The number of anilines is 1. The predicted molar refractivity (Wildman–Crippen MR) is 77.7 cm³/mol. The smallest absolute Gasteiger partial charge is 0.237 e. The third-order valence-corrected chi connectivity index (χ3v) is 5.11. The van der Waals surface area contributed by atoms with Gasteiger partial charge in [0.2, 0.25) is 5.91 Å². The molecule has 3 rings (SSSR count). The van der Waals surface area contributed by atoms with Crippen LogP contribution in [-0.2, 0) is 15.0 Å². The third-order valence-electron chi connectivity index (χ3n) is 4.21. The van der Waals surface area contributed by atoms with Crippen LogP contribution < -0.4 is 4.90 Å². The van der Waals surface area contributed by atoms with Crippen LogP contribution in [0, 0.1) is 3.57 Å². The van der Waals surface area contributed by atoms with Crippen LogP contribution in [-0.4, -0.2) is 18.7 Å². The number of halogens is 1. The zero-order valence-corrected chi connectivity index (χ0v) is 12.4. The molecule has 1 heterocycles. The third kappa shape index (κ3) is 1.47. The van der Waals surface area contributed by atoms with Crippen molar-refractivity contribution in [3.05, 3.63) is 27.3 Å². The van der Waals surface area contributed by atoms with Crippen molar-refractivity contribution >= 4 is 40.0 Å². The van der Waals surface area contributed by atoms with Crippen LogP contribution in [0.4, 0.5) is 5.69 Å². The van der Waals surface area contributed by atoms with Gasteiger partial charge in [0.15, 0.2) is 0 Å². The summed E-state index contributed by atoms with van der Waals surface area (Å²) in [6.45, 7) is 0. The summed E-state index contributed by atoms with van der Waals surface area (Å²) in [5.74, 6) is 0.449. The van der Waals surface area contributed by atoms with Gasteiger partial charge in [-0.15, -0.1) is 0 Å². The fourth-order valence-corrected chi connectivity index (χ4v) is 4.22. The van der Waals surface area contributed by atoms with Crippen molar-refractivity contribution in [2.45, 2.75) is 31.1 Å². The molecule has 2 aliphatic rings. The van der Waals surface area contributed by atoms with Gasteiger partial charge in [0.1, 0.15) is 5.78 Å². The van der Waals surface area contributed by atoms with E-state index >= 15 is 0 Å². The molecule has 0 saturated heterocycles. The quantitative estimate of drug-likeness (QED) is 0.671. The Morgan fingerprint density at radius 2 is 1.89 bits per heavy atom. The molecule has 1 spiro atoms. The van der Waals surface area contributed by atoms with Crippen molar-refractivity contribution in [1.82, 2.24) is 0 Å². The van der Waals surface area contributed by atoms with Crippen molar-refractivity contribution < 1.29 is 9.59 Å². The van der Waals surface area contributed by atoms with Gasteiger partial charge < -0.3 is 4.90 Å². The molecule has 1 aliphatic heterocycles. The first kappa shape index (κ1) is 12.1. The highest BCUT2D eigenvalue weighted by Crippen LogP contribution is 2.50. The Morgan fingerprint density at radius 1 is 1.22 bits per heavy atom. The molecule has 1 aromatic rings. The van der Waals surface area contributed by atoms with Gasteiger partial charge in [-0.3, -0.25) is 9.59 Å². The van der Waals surface area contributed by atoms with Gasteiger partial charge >= 0.3 is 0 Å². The van der Waals surface area contributed by atoms with Gasteiger partial charge in [0.25, 0.3) is 0 Å². The zero-order chi connectivity index (χ0) is 12.9. The number of rotatable bonds is 0. The predicted octanol–water partition coefficient (Wildman–Crippen LogP) is 2.65. The van der Waals surface area contributed by atoms with Crippen molar-refractivity contribution in [3.63, 3.8) is 0 Å². The minimum atomic E-state index is -0.435. The summed E-state index contributed by atoms with van der Waals surface area (Å²) in [6, 6.07) is 6.03. The monoisotopic (exact) mass is 355 g/mol. The average Bonchev–Trinajstić information content (AvgIpc) is 2.57. The number of hydrogen-bond donors (Lipinski definition) is 0. The van der Waals surface area contributed by atoms with E-state index in [2.05, 4.69) is 22.6 Å². The normalized spacial score (nSPS) is 21.6. The molecule has 18 heavy (non-hydrogen) atoms. The summed E-state index contributed by atoms with van der Waals surface area (Å²) in [4.78, 5) is 25.8. The van der Waals surface area contributed by atoms with Crippen molar-refractivity contribution in [2.24, 2.45) is 0 Å². The average molecular weight is 355 g/mol. The number of amides is 1. The Morgan fingerprint density at radius 3 is 2.56 bits per heavy atom. The molecule has 1 saturated carbocycles. The number of nitrogens with zero attached hydrogens (tertiary/aromatic N) is 1.